The smallest absolute Gasteiger partial charge is 0.273 e. The van der Waals surface area contributed by atoms with E-state index in [0.717, 1.165) is 24.1 Å². The first-order valence-electron chi connectivity index (χ1n) is 11.4. The van der Waals surface area contributed by atoms with E-state index >= 15 is 0 Å². The molecule has 7 nitrogen and oxygen atoms in total. The number of nitrogens with one attached hydrogen (secondary N) is 2. The molecule has 32 heavy (non-hydrogen) atoms. The van der Waals surface area contributed by atoms with Crippen molar-refractivity contribution in [2.75, 3.05) is 19.0 Å². The fourth-order valence-electron chi connectivity index (χ4n) is 4.19. The van der Waals surface area contributed by atoms with Gasteiger partial charge < -0.3 is 20.5 Å². The summed E-state index contributed by atoms with van der Waals surface area (Å²) in [5.74, 6) is 0.873. The van der Waals surface area contributed by atoms with Gasteiger partial charge in [0, 0.05) is 36.4 Å². The van der Waals surface area contributed by atoms with E-state index in [4.69, 9.17) is 16.3 Å². The minimum Gasteiger partial charge on any atom is -0.496 e. The molecule has 0 atom stereocenters. The summed E-state index contributed by atoms with van der Waals surface area (Å²) in [6.45, 7) is 9.01. The first kappa shape index (κ1) is 24.4. The Bertz CT molecular complexity index is 949. The van der Waals surface area contributed by atoms with Crippen molar-refractivity contribution in [2.45, 2.75) is 71.6 Å². The van der Waals surface area contributed by atoms with Gasteiger partial charge in [0.25, 0.3) is 5.91 Å². The highest BCUT2D eigenvalue weighted by atomic mass is 35.5. The molecule has 1 aromatic heterocycles. The van der Waals surface area contributed by atoms with Crippen LogP contribution < -0.4 is 15.4 Å². The molecule has 0 spiro atoms. The standard InChI is InChI=1S/C24H35ClN4O3/c1-6-29-22(18-8-7-17(27-15(2)3)13-19(18)32-5)20(25)21(28-29)23(30)26-14-24(31)11-9-16(4)10-12-24/h7-8,13,15-16,27,31H,6,9-12,14H2,1-5H3,(H,26,30). The molecule has 0 radical (unpaired) electrons. The number of aryl methyl sites for hydroxylation is 1. The molecule has 0 bridgehead atoms. The SMILES string of the molecule is CCn1nc(C(=O)NCC2(O)CCC(C)CC2)c(Cl)c1-c1ccc(NC(C)C)cc1OC. The number of halogens is 1. The molecule has 1 amide bonds. The quantitative estimate of drug-likeness (QED) is 0.528. The van der Waals surface area contributed by atoms with Crippen molar-refractivity contribution >= 4 is 23.2 Å². The van der Waals surface area contributed by atoms with E-state index in [1.165, 1.54) is 0 Å². The molecule has 1 aromatic carbocycles. The van der Waals surface area contributed by atoms with Crippen LogP contribution in [-0.2, 0) is 6.54 Å². The highest BCUT2D eigenvalue weighted by Gasteiger charge is 2.33. The summed E-state index contributed by atoms with van der Waals surface area (Å²) in [6.07, 6.45) is 3.29. The Morgan fingerprint density at radius 2 is 2.06 bits per heavy atom. The summed E-state index contributed by atoms with van der Waals surface area (Å²) >= 11 is 6.69. The maximum atomic E-state index is 12.9. The van der Waals surface area contributed by atoms with Gasteiger partial charge in [0.1, 0.15) is 5.75 Å². The summed E-state index contributed by atoms with van der Waals surface area (Å²) in [4.78, 5) is 12.9. The Balaban J connectivity index is 1.86. The van der Waals surface area contributed by atoms with Crippen molar-refractivity contribution in [3.63, 3.8) is 0 Å². The topological polar surface area (TPSA) is 88.4 Å². The second-order valence-corrected chi connectivity index (χ2v) is 9.51. The van der Waals surface area contributed by atoms with Crippen LogP contribution in [0.5, 0.6) is 5.75 Å². The Morgan fingerprint density at radius 3 is 2.66 bits per heavy atom. The van der Waals surface area contributed by atoms with E-state index in [1.54, 1.807) is 11.8 Å². The lowest BCUT2D eigenvalue weighted by Crippen LogP contribution is -2.45. The van der Waals surface area contributed by atoms with Gasteiger partial charge in [0.15, 0.2) is 5.69 Å². The number of aliphatic hydroxyl groups is 1. The average molecular weight is 463 g/mol. The lowest BCUT2D eigenvalue weighted by molar-refractivity contribution is -0.00544. The molecule has 1 heterocycles. The van der Waals surface area contributed by atoms with Crippen molar-refractivity contribution in [3.05, 3.63) is 28.9 Å². The first-order chi connectivity index (χ1) is 15.2. The van der Waals surface area contributed by atoms with Gasteiger partial charge in [0.05, 0.1) is 23.4 Å². The highest BCUT2D eigenvalue weighted by molar-refractivity contribution is 6.36. The normalized spacial score (nSPS) is 20.9. The maximum Gasteiger partial charge on any atom is 0.273 e. The van der Waals surface area contributed by atoms with Crippen molar-refractivity contribution in [1.82, 2.24) is 15.1 Å². The van der Waals surface area contributed by atoms with E-state index in [9.17, 15) is 9.90 Å². The Hall–Kier alpha value is -2.25. The van der Waals surface area contributed by atoms with E-state index in [1.807, 2.05) is 25.1 Å². The number of carbonyl (C=O) groups is 1. The molecule has 1 aliphatic rings. The summed E-state index contributed by atoms with van der Waals surface area (Å²) < 4.78 is 7.33. The molecule has 0 saturated heterocycles. The van der Waals surface area contributed by atoms with Gasteiger partial charge in [0.2, 0.25) is 0 Å². The lowest BCUT2D eigenvalue weighted by Gasteiger charge is -2.34. The van der Waals surface area contributed by atoms with Gasteiger partial charge in [-0.05, 0) is 64.5 Å². The zero-order valence-electron chi connectivity index (χ0n) is 19.7. The second-order valence-electron chi connectivity index (χ2n) is 9.13. The molecule has 1 aliphatic carbocycles. The van der Waals surface area contributed by atoms with E-state index < -0.39 is 5.60 Å². The van der Waals surface area contributed by atoms with Crippen LogP contribution >= 0.6 is 11.6 Å². The lowest BCUT2D eigenvalue weighted by atomic mass is 9.79. The molecule has 0 unspecified atom stereocenters. The van der Waals surface area contributed by atoms with E-state index in [2.05, 4.69) is 36.5 Å². The number of aromatic nitrogens is 2. The zero-order chi connectivity index (χ0) is 23.5. The fourth-order valence-corrected chi connectivity index (χ4v) is 4.51. The number of methoxy groups -OCH3 is 1. The molecule has 2 aromatic rings. The van der Waals surface area contributed by atoms with Crippen molar-refractivity contribution in [2.24, 2.45) is 5.92 Å². The third kappa shape index (κ3) is 5.38. The van der Waals surface area contributed by atoms with Crippen LogP contribution in [0.15, 0.2) is 18.2 Å². The molecule has 3 N–H and O–H groups in total. The van der Waals surface area contributed by atoms with E-state index in [-0.39, 0.29) is 29.2 Å². The molecular weight excluding hydrogens is 428 g/mol. The second kappa shape index (κ2) is 10.1. The third-order valence-electron chi connectivity index (χ3n) is 6.10. The number of hydrogen-bond acceptors (Lipinski definition) is 5. The third-order valence-corrected chi connectivity index (χ3v) is 6.46. The Labute approximate surface area is 195 Å². The summed E-state index contributed by atoms with van der Waals surface area (Å²) in [5, 5.41) is 21.7. The van der Waals surface area contributed by atoms with Crippen molar-refractivity contribution < 1.29 is 14.6 Å². The minimum absolute atomic E-state index is 0.155. The first-order valence-corrected chi connectivity index (χ1v) is 11.8. The molecule has 1 fully saturated rings. The van der Waals surface area contributed by atoms with Crippen LogP contribution in [-0.4, -0.2) is 46.1 Å². The largest absolute Gasteiger partial charge is 0.496 e. The van der Waals surface area contributed by atoms with Gasteiger partial charge in [-0.3, -0.25) is 9.48 Å². The molecule has 0 aliphatic heterocycles. The molecule has 1 saturated carbocycles. The number of ether oxygens (including phenoxy) is 1. The molecule has 176 valence electrons. The minimum atomic E-state index is -0.868. The maximum absolute atomic E-state index is 12.9. The van der Waals surface area contributed by atoms with Crippen LogP contribution in [0, 0.1) is 5.92 Å². The van der Waals surface area contributed by atoms with Crippen molar-refractivity contribution in [3.8, 4) is 17.0 Å². The van der Waals surface area contributed by atoms with Crippen LogP contribution in [0.3, 0.4) is 0 Å². The number of nitrogens with zero attached hydrogens (tertiary/aromatic N) is 2. The van der Waals surface area contributed by atoms with Gasteiger partial charge in [-0.2, -0.15) is 5.10 Å². The number of amides is 1. The summed E-state index contributed by atoms with van der Waals surface area (Å²) in [7, 11) is 1.61. The van der Waals surface area contributed by atoms with Crippen LogP contribution in [0.4, 0.5) is 5.69 Å². The number of rotatable bonds is 8. The monoisotopic (exact) mass is 462 g/mol. The van der Waals surface area contributed by atoms with Crippen molar-refractivity contribution in [1.29, 1.82) is 0 Å². The fraction of sp³-hybridized carbons (Fsp3) is 0.583. The zero-order valence-corrected chi connectivity index (χ0v) is 20.4. The molecular formula is C24H35ClN4O3. The average Bonchev–Trinajstić information content (AvgIpc) is 3.10. The Morgan fingerprint density at radius 1 is 1.38 bits per heavy atom. The predicted octanol–water partition coefficient (Wildman–Crippen LogP) is 4.72. The number of hydrogen-bond donors (Lipinski definition) is 3. The van der Waals surface area contributed by atoms with Crippen LogP contribution in [0.25, 0.3) is 11.3 Å². The van der Waals surface area contributed by atoms with Gasteiger partial charge in [-0.15, -0.1) is 0 Å². The number of carbonyl (C=O) groups excluding carboxylic acids is 1. The van der Waals surface area contributed by atoms with Crippen LogP contribution in [0.1, 0.15) is 63.9 Å². The summed E-state index contributed by atoms with van der Waals surface area (Å²) in [6, 6.07) is 6.08. The number of anilines is 1. The van der Waals surface area contributed by atoms with Gasteiger partial charge >= 0.3 is 0 Å². The number of benzene rings is 1. The van der Waals surface area contributed by atoms with Gasteiger partial charge in [-0.25, -0.2) is 0 Å². The molecule has 3 rings (SSSR count). The molecule has 8 heteroatoms. The predicted molar refractivity (Wildman–Crippen MR) is 129 cm³/mol. The Kier molecular flexibility index (Phi) is 7.72. The van der Waals surface area contributed by atoms with Crippen LogP contribution in [0.2, 0.25) is 5.02 Å². The highest BCUT2D eigenvalue weighted by Crippen LogP contribution is 2.38. The van der Waals surface area contributed by atoms with Gasteiger partial charge in [-0.1, -0.05) is 18.5 Å². The summed E-state index contributed by atoms with van der Waals surface area (Å²) in [5.41, 5.74) is 1.63. The van der Waals surface area contributed by atoms with E-state index in [0.29, 0.717) is 36.7 Å².